The number of hydrogen-bond donors (Lipinski definition) is 3. The predicted molar refractivity (Wildman–Crippen MR) is 127 cm³/mol. The van der Waals surface area contributed by atoms with E-state index in [9.17, 15) is 9.59 Å². The third-order valence-corrected chi connectivity index (χ3v) is 5.06. The fourth-order valence-corrected chi connectivity index (χ4v) is 3.30. The van der Waals surface area contributed by atoms with Crippen LogP contribution in [0.1, 0.15) is 5.56 Å². The lowest BCUT2D eigenvalue weighted by Gasteiger charge is -2.13. The number of pyridine rings is 1. The molecule has 0 aliphatic heterocycles. The molecule has 0 amide bonds. The van der Waals surface area contributed by atoms with Crippen molar-refractivity contribution >= 4 is 23.2 Å². The first-order chi connectivity index (χ1) is 17.0. The van der Waals surface area contributed by atoms with Crippen LogP contribution in [-0.4, -0.2) is 40.1 Å². The largest absolute Gasteiger partial charge is 0.439 e. The van der Waals surface area contributed by atoms with Gasteiger partial charge in [0.25, 0.3) is 0 Å². The Morgan fingerprint density at radius 2 is 1.77 bits per heavy atom. The molecule has 174 valence electrons. The molecule has 12 nitrogen and oxygen atoms in total. The summed E-state index contributed by atoms with van der Waals surface area (Å²) >= 11 is 5.94. The van der Waals surface area contributed by atoms with Crippen molar-refractivity contribution in [3.8, 4) is 23.1 Å². The van der Waals surface area contributed by atoms with Gasteiger partial charge in [0.05, 0.1) is 6.54 Å². The van der Waals surface area contributed by atoms with Crippen LogP contribution in [0, 0.1) is 0 Å². The number of ether oxygens (including phenoxy) is 1. The predicted octanol–water partition coefficient (Wildman–Crippen LogP) is 2.74. The van der Waals surface area contributed by atoms with Crippen LogP contribution >= 0.6 is 11.6 Å². The Morgan fingerprint density at radius 3 is 2.51 bits per heavy atom. The van der Waals surface area contributed by atoms with Crippen molar-refractivity contribution in [2.75, 3.05) is 5.32 Å². The van der Waals surface area contributed by atoms with Crippen LogP contribution in [0.15, 0.2) is 76.3 Å². The van der Waals surface area contributed by atoms with Crippen molar-refractivity contribution in [3.63, 3.8) is 0 Å². The number of rotatable bonds is 7. The molecule has 0 spiro atoms. The highest BCUT2D eigenvalue weighted by molar-refractivity contribution is 6.30. The minimum Gasteiger partial charge on any atom is -0.439 e. The maximum atomic E-state index is 12.5. The van der Waals surface area contributed by atoms with Crippen LogP contribution in [0.3, 0.4) is 0 Å². The maximum Gasteiger partial charge on any atom is 0.352 e. The third kappa shape index (κ3) is 5.23. The molecule has 0 aliphatic carbocycles. The number of aromatic amines is 2. The van der Waals surface area contributed by atoms with E-state index in [-0.39, 0.29) is 12.5 Å². The van der Waals surface area contributed by atoms with Crippen LogP contribution in [0.5, 0.6) is 11.6 Å². The zero-order chi connectivity index (χ0) is 24.2. The second-order valence-electron chi connectivity index (χ2n) is 7.23. The maximum absolute atomic E-state index is 12.5. The van der Waals surface area contributed by atoms with Crippen LogP contribution in [0.2, 0.25) is 5.02 Å². The zero-order valence-electron chi connectivity index (χ0n) is 17.8. The number of halogens is 1. The molecule has 35 heavy (non-hydrogen) atoms. The quantitative estimate of drug-likeness (QED) is 0.312. The lowest BCUT2D eigenvalue weighted by molar-refractivity contribution is 0.463. The molecule has 2 aromatic carbocycles. The van der Waals surface area contributed by atoms with Gasteiger partial charge in [0, 0.05) is 16.8 Å². The van der Waals surface area contributed by atoms with Crippen LogP contribution in [-0.2, 0) is 6.54 Å². The van der Waals surface area contributed by atoms with E-state index >= 15 is 0 Å². The van der Waals surface area contributed by atoms with E-state index in [0.29, 0.717) is 33.9 Å². The van der Waals surface area contributed by atoms with Crippen LogP contribution in [0.4, 0.5) is 11.6 Å². The van der Waals surface area contributed by atoms with Gasteiger partial charge in [-0.2, -0.15) is 10.2 Å². The summed E-state index contributed by atoms with van der Waals surface area (Å²) in [7, 11) is 0. The van der Waals surface area contributed by atoms with Gasteiger partial charge in [-0.15, -0.1) is 10.2 Å². The van der Waals surface area contributed by atoms with E-state index in [1.165, 1.54) is 4.57 Å². The van der Waals surface area contributed by atoms with Gasteiger partial charge in [0.1, 0.15) is 11.4 Å². The Balaban J connectivity index is 1.34. The third-order valence-electron chi connectivity index (χ3n) is 4.81. The first kappa shape index (κ1) is 22.0. The molecule has 0 bridgehead atoms. The van der Waals surface area contributed by atoms with E-state index in [1.807, 2.05) is 0 Å². The summed E-state index contributed by atoms with van der Waals surface area (Å²) in [5, 5.41) is 17.3. The van der Waals surface area contributed by atoms with Gasteiger partial charge in [-0.25, -0.2) is 14.6 Å². The minimum atomic E-state index is -0.752. The first-order valence-electron chi connectivity index (χ1n) is 10.2. The average Bonchev–Trinajstić information content (AvgIpc) is 3.39. The Morgan fingerprint density at radius 1 is 0.971 bits per heavy atom. The molecule has 0 atom stereocenters. The number of anilines is 2. The number of tetrazole rings is 1. The Bertz CT molecular complexity index is 1560. The van der Waals surface area contributed by atoms with E-state index in [4.69, 9.17) is 16.3 Å². The van der Waals surface area contributed by atoms with Gasteiger partial charge in [0.2, 0.25) is 17.7 Å². The number of H-pyrrole nitrogens is 2. The summed E-state index contributed by atoms with van der Waals surface area (Å²) in [6.07, 6.45) is 0. The second kappa shape index (κ2) is 9.57. The molecule has 0 radical (unpaired) electrons. The van der Waals surface area contributed by atoms with Crippen molar-refractivity contribution < 1.29 is 4.74 Å². The lowest BCUT2D eigenvalue weighted by Crippen LogP contribution is -2.34. The number of nitrogens with zero attached hydrogens (tertiary/aromatic N) is 6. The summed E-state index contributed by atoms with van der Waals surface area (Å²) in [5.41, 5.74) is 0.571. The highest BCUT2D eigenvalue weighted by Gasteiger charge is 2.10. The molecular formula is C22H16ClN9O3. The number of nitrogens with one attached hydrogen (secondary N) is 3. The highest BCUT2D eigenvalue weighted by atomic mass is 35.5. The number of benzene rings is 2. The van der Waals surface area contributed by atoms with Crippen molar-refractivity contribution in [1.82, 2.24) is 40.1 Å². The van der Waals surface area contributed by atoms with Crippen LogP contribution in [0.25, 0.3) is 11.5 Å². The van der Waals surface area contributed by atoms with E-state index in [0.717, 1.165) is 5.56 Å². The van der Waals surface area contributed by atoms with Gasteiger partial charge in [0.15, 0.2) is 0 Å². The Hall–Kier alpha value is -4.84. The SMILES string of the molecule is O=c1nc(Nc2ccc(Oc3cccc(-c4nn[nH]n4)n3)cc2)n(Cc2ccc(Cl)cc2)c(=O)[nH]1. The molecule has 0 unspecified atom stereocenters. The monoisotopic (exact) mass is 489 g/mol. The van der Waals surface area contributed by atoms with Gasteiger partial charge >= 0.3 is 11.4 Å². The smallest absolute Gasteiger partial charge is 0.352 e. The number of hydrogen-bond acceptors (Lipinski definition) is 9. The van der Waals surface area contributed by atoms with Gasteiger partial charge < -0.3 is 10.1 Å². The topological polar surface area (TPSA) is 156 Å². The lowest BCUT2D eigenvalue weighted by atomic mass is 10.2. The van der Waals surface area contributed by atoms with Gasteiger partial charge in [-0.3, -0.25) is 9.55 Å². The highest BCUT2D eigenvalue weighted by Crippen LogP contribution is 2.24. The standard InChI is InChI=1S/C22H16ClN9O3/c23-14-6-4-13(5-7-14)12-32-20(26-21(33)27-22(32)34)24-15-8-10-16(11-9-15)35-18-3-1-2-17(25-18)19-28-30-31-29-19/h1-11H,12H2,(H,28,29,30,31)(H2,24,26,27,33,34). The van der Waals surface area contributed by atoms with E-state index in [2.05, 4.69) is 40.9 Å². The molecular weight excluding hydrogens is 474 g/mol. The minimum absolute atomic E-state index is 0.0943. The Labute approximate surface area is 201 Å². The Kier molecular flexibility index (Phi) is 6.01. The molecule has 3 aromatic heterocycles. The van der Waals surface area contributed by atoms with E-state index in [1.54, 1.807) is 66.7 Å². The molecule has 0 aliphatic rings. The molecule has 0 saturated heterocycles. The van der Waals surface area contributed by atoms with Crippen LogP contribution < -0.4 is 21.4 Å². The molecule has 3 heterocycles. The normalized spacial score (nSPS) is 10.8. The molecule has 0 saturated carbocycles. The van der Waals surface area contributed by atoms with E-state index < -0.39 is 11.4 Å². The summed E-state index contributed by atoms with van der Waals surface area (Å²) in [6, 6.07) is 19.1. The summed E-state index contributed by atoms with van der Waals surface area (Å²) in [6.45, 7) is 0.186. The molecule has 0 fully saturated rings. The summed E-state index contributed by atoms with van der Waals surface area (Å²) in [5.74, 6) is 1.31. The fourth-order valence-electron chi connectivity index (χ4n) is 3.18. The molecule has 5 aromatic rings. The van der Waals surface area contributed by atoms with Crippen molar-refractivity contribution in [1.29, 1.82) is 0 Å². The zero-order valence-corrected chi connectivity index (χ0v) is 18.6. The summed E-state index contributed by atoms with van der Waals surface area (Å²) < 4.78 is 7.13. The number of aromatic nitrogens is 8. The fraction of sp³-hybridized carbons (Fsp3) is 0.0455. The molecule has 3 N–H and O–H groups in total. The van der Waals surface area contributed by atoms with Crippen molar-refractivity contribution in [2.45, 2.75) is 6.54 Å². The average molecular weight is 490 g/mol. The van der Waals surface area contributed by atoms with Gasteiger partial charge in [-0.1, -0.05) is 29.8 Å². The molecule has 13 heteroatoms. The van der Waals surface area contributed by atoms with Gasteiger partial charge in [-0.05, 0) is 53.2 Å². The second-order valence-corrected chi connectivity index (χ2v) is 7.67. The van der Waals surface area contributed by atoms with Crippen molar-refractivity contribution in [3.05, 3.63) is 98.3 Å². The summed E-state index contributed by atoms with van der Waals surface area (Å²) in [4.78, 5) is 34.8. The van der Waals surface area contributed by atoms with Crippen molar-refractivity contribution in [2.24, 2.45) is 0 Å². The molecule has 5 rings (SSSR count). The first-order valence-corrected chi connectivity index (χ1v) is 10.6.